The Hall–Kier alpha value is -2.58. The molecule has 6 nitrogen and oxygen atoms in total. The Morgan fingerprint density at radius 1 is 1.43 bits per heavy atom. The van der Waals surface area contributed by atoms with Crippen molar-refractivity contribution >= 4 is 11.7 Å². The molecule has 0 bridgehead atoms. The molecule has 0 saturated heterocycles. The Morgan fingerprint density at radius 2 is 2.14 bits per heavy atom. The lowest BCUT2D eigenvalue weighted by Crippen LogP contribution is -2.14. The van der Waals surface area contributed by atoms with Crippen LogP contribution < -0.4 is 5.32 Å². The smallest absolute Gasteiger partial charge is 0.417 e. The average Bonchev–Trinajstić information content (AvgIpc) is 2.81. The van der Waals surface area contributed by atoms with Crippen molar-refractivity contribution in [3.63, 3.8) is 0 Å². The molecule has 21 heavy (non-hydrogen) atoms. The van der Waals surface area contributed by atoms with E-state index in [4.69, 9.17) is 5.11 Å². The number of aromatic carboxylic acids is 1. The molecule has 0 saturated carbocycles. The molecular weight excluding hydrogens is 289 g/mol. The number of halogens is 3. The normalized spacial score (nSPS) is 11.4. The zero-order valence-electron chi connectivity index (χ0n) is 10.8. The van der Waals surface area contributed by atoms with Gasteiger partial charge in [-0.1, -0.05) is 0 Å². The van der Waals surface area contributed by atoms with Crippen molar-refractivity contribution in [2.45, 2.75) is 12.7 Å². The highest BCUT2D eigenvalue weighted by atomic mass is 19.4. The van der Waals surface area contributed by atoms with Crippen molar-refractivity contribution in [1.29, 1.82) is 0 Å². The van der Waals surface area contributed by atoms with Crippen LogP contribution in [-0.2, 0) is 19.8 Å². The fraction of sp³-hybridized carbons (Fsp3) is 0.250. The van der Waals surface area contributed by atoms with Gasteiger partial charge in [0.15, 0.2) is 5.82 Å². The first kappa shape index (κ1) is 14.8. The second-order valence-electron chi connectivity index (χ2n) is 4.25. The van der Waals surface area contributed by atoms with Crippen molar-refractivity contribution in [3.8, 4) is 0 Å². The van der Waals surface area contributed by atoms with Crippen molar-refractivity contribution in [3.05, 3.63) is 41.5 Å². The van der Waals surface area contributed by atoms with Crippen LogP contribution in [0.4, 0.5) is 18.9 Å². The lowest BCUT2D eigenvalue weighted by Gasteiger charge is -2.12. The lowest BCUT2D eigenvalue weighted by atomic mass is 10.1. The molecule has 0 spiro atoms. The molecule has 0 atom stereocenters. The van der Waals surface area contributed by atoms with Gasteiger partial charge in [-0.2, -0.15) is 18.3 Å². The fourth-order valence-corrected chi connectivity index (χ4v) is 1.72. The van der Waals surface area contributed by atoms with E-state index >= 15 is 0 Å². The molecule has 9 heteroatoms. The molecule has 0 fully saturated rings. The molecule has 2 aromatic rings. The molecule has 0 aliphatic heterocycles. The van der Waals surface area contributed by atoms with E-state index in [2.05, 4.69) is 15.4 Å². The number of alkyl halides is 3. The van der Waals surface area contributed by atoms with Crippen molar-refractivity contribution in [1.82, 2.24) is 14.8 Å². The van der Waals surface area contributed by atoms with Gasteiger partial charge < -0.3 is 10.4 Å². The highest BCUT2D eigenvalue weighted by Crippen LogP contribution is 2.33. The quantitative estimate of drug-likeness (QED) is 0.904. The van der Waals surface area contributed by atoms with E-state index in [9.17, 15) is 18.0 Å². The summed E-state index contributed by atoms with van der Waals surface area (Å²) in [6, 6.07) is 2.94. The molecule has 1 aromatic carbocycles. The van der Waals surface area contributed by atoms with Crippen molar-refractivity contribution in [2.24, 2.45) is 7.05 Å². The van der Waals surface area contributed by atoms with Gasteiger partial charge in [0.25, 0.3) is 0 Å². The molecule has 0 aliphatic rings. The van der Waals surface area contributed by atoms with Crippen LogP contribution in [0.5, 0.6) is 0 Å². The Balaban J connectivity index is 2.23. The molecule has 0 radical (unpaired) electrons. The molecule has 0 unspecified atom stereocenters. The number of anilines is 1. The number of nitrogens with zero attached hydrogens (tertiary/aromatic N) is 3. The third-order valence-corrected chi connectivity index (χ3v) is 2.65. The van der Waals surface area contributed by atoms with Gasteiger partial charge in [-0.15, -0.1) is 0 Å². The minimum absolute atomic E-state index is 0.130. The number of hydrogen-bond donors (Lipinski definition) is 2. The van der Waals surface area contributed by atoms with Gasteiger partial charge in [0.1, 0.15) is 6.33 Å². The van der Waals surface area contributed by atoms with Crippen LogP contribution in [0.2, 0.25) is 0 Å². The first-order valence-electron chi connectivity index (χ1n) is 5.80. The number of carboxylic acids is 1. The number of rotatable bonds is 4. The molecule has 112 valence electrons. The number of aromatic nitrogens is 3. The molecule has 0 aliphatic carbocycles. The van der Waals surface area contributed by atoms with Gasteiger partial charge in [0, 0.05) is 12.7 Å². The zero-order valence-corrected chi connectivity index (χ0v) is 10.8. The first-order valence-corrected chi connectivity index (χ1v) is 5.80. The number of carbonyl (C=O) groups is 1. The number of benzene rings is 1. The van der Waals surface area contributed by atoms with Gasteiger partial charge in [0.05, 0.1) is 17.7 Å². The molecule has 2 rings (SSSR count). The maximum absolute atomic E-state index is 12.8. The third-order valence-electron chi connectivity index (χ3n) is 2.65. The van der Waals surface area contributed by atoms with Gasteiger partial charge in [-0.05, 0) is 18.2 Å². The summed E-state index contributed by atoms with van der Waals surface area (Å²) in [6.45, 7) is 0.130. The number of aryl methyl sites for hydroxylation is 1. The molecule has 2 N–H and O–H groups in total. The van der Waals surface area contributed by atoms with Gasteiger partial charge in [-0.25, -0.2) is 9.78 Å². The van der Waals surface area contributed by atoms with Crippen molar-refractivity contribution in [2.75, 3.05) is 5.32 Å². The minimum Gasteiger partial charge on any atom is -0.478 e. The second kappa shape index (κ2) is 5.43. The topological polar surface area (TPSA) is 80.0 Å². The van der Waals surface area contributed by atoms with Crippen LogP contribution in [0.15, 0.2) is 24.5 Å². The Bertz CT molecular complexity index is 667. The van der Waals surface area contributed by atoms with Crippen LogP contribution >= 0.6 is 0 Å². The standard InChI is InChI=1S/C12H11F3N4O2/c1-19-6-17-10(18-19)5-16-7-2-3-8(11(20)21)9(4-7)12(13,14)15/h2-4,6,16H,5H2,1H3,(H,20,21). The van der Waals surface area contributed by atoms with E-state index in [-0.39, 0.29) is 12.2 Å². The fourth-order valence-electron chi connectivity index (χ4n) is 1.72. The molecular formula is C12H11F3N4O2. The maximum Gasteiger partial charge on any atom is 0.417 e. The summed E-state index contributed by atoms with van der Waals surface area (Å²) >= 11 is 0. The number of nitrogens with one attached hydrogen (secondary N) is 1. The maximum atomic E-state index is 12.8. The predicted octanol–water partition coefficient (Wildman–Crippen LogP) is 2.14. The van der Waals surface area contributed by atoms with Crippen molar-refractivity contribution < 1.29 is 23.1 Å². The predicted molar refractivity (Wildman–Crippen MR) is 66.7 cm³/mol. The van der Waals surface area contributed by atoms with Crippen LogP contribution in [0.1, 0.15) is 21.7 Å². The van der Waals surface area contributed by atoms with Gasteiger partial charge in [-0.3, -0.25) is 4.68 Å². The van der Waals surface area contributed by atoms with Crippen LogP contribution in [0.25, 0.3) is 0 Å². The number of carboxylic acid groups (broad SMARTS) is 1. The zero-order chi connectivity index (χ0) is 15.6. The second-order valence-corrected chi connectivity index (χ2v) is 4.25. The summed E-state index contributed by atoms with van der Waals surface area (Å²) in [6.07, 6.45) is -3.28. The van der Waals surface area contributed by atoms with Gasteiger partial charge >= 0.3 is 12.1 Å². The largest absolute Gasteiger partial charge is 0.478 e. The first-order chi connectivity index (χ1) is 9.77. The van der Waals surface area contributed by atoms with E-state index in [1.807, 2.05) is 0 Å². The molecule has 1 heterocycles. The summed E-state index contributed by atoms with van der Waals surface area (Å²) in [5.74, 6) is -1.21. The molecule has 0 amide bonds. The van der Waals surface area contributed by atoms with E-state index in [0.29, 0.717) is 5.82 Å². The Kier molecular flexibility index (Phi) is 3.83. The highest BCUT2D eigenvalue weighted by Gasteiger charge is 2.35. The SMILES string of the molecule is Cn1cnc(CNc2ccc(C(=O)O)c(C(F)(F)F)c2)n1. The number of hydrogen-bond acceptors (Lipinski definition) is 4. The Morgan fingerprint density at radius 3 is 2.67 bits per heavy atom. The van der Waals surface area contributed by atoms with Gasteiger partial charge in [0.2, 0.25) is 0 Å². The van der Waals surface area contributed by atoms with E-state index in [0.717, 1.165) is 12.1 Å². The summed E-state index contributed by atoms with van der Waals surface area (Å²) in [4.78, 5) is 14.7. The average molecular weight is 300 g/mol. The third kappa shape index (κ3) is 3.50. The van der Waals surface area contributed by atoms with Crippen LogP contribution in [0, 0.1) is 0 Å². The Labute approximate surface area is 117 Å². The van der Waals surface area contributed by atoms with E-state index in [1.54, 1.807) is 7.05 Å². The summed E-state index contributed by atoms with van der Waals surface area (Å²) < 4.78 is 40.0. The minimum atomic E-state index is -4.74. The monoisotopic (exact) mass is 300 g/mol. The van der Waals surface area contributed by atoms with Crippen LogP contribution in [-0.4, -0.2) is 25.8 Å². The summed E-state index contributed by atoms with van der Waals surface area (Å²) in [5.41, 5.74) is -1.85. The summed E-state index contributed by atoms with van der Waals surface area (Å²) in [5, 5.41) is 15.5. The highest BCUT2D eigenvalue weighted by molar-refractivity contribution is 5.90. The summed E-state index contributed by atoms with van der Waals surface area (Å²) in [7, 11) is 1.67. The van der Waals surface area contributed by atoms with E-state index < -0.39 is 23.3 Å². The lowest BCUT2D eigenvalue weighted by molar-refractivity contribution is -0.138. The van der Waals surface area contributed by atoms with Crippen LogP contribution in [0.3, 0.4) is 0 Å². The van der Waals surface area contributed by atoms with E-state index in [1.165, 1.54) is 17.1 Å². The molecule has 1 aromatic heterocycles.